The van der Waals surface area contributed by atoms with Gasteiger partial charge in [-0.1, -0.05) is 60.7 Å². The third-order valence-electron chi connectivity index (χ3n) is 7.51. The minimum absolute atomic E-state index is 0.0394. The van der Waals surface area contributed by atoms with Gasteiger partial charge >= 0.3 is 0 Å². The fourth-order valence-electron chi connectivity index (χ4n) is 5.74. The SMILES string of the molecule is CN(C)Cc1ccc(/C=C/c2n[nH]c3cc([C@@H]4CC45C(=O)N(CC(N)=O)c4ccccc45)ccc23)cc1. The van der Waals surface area contributed by atoms with E-state index in [0.717, 1.165) is 45.5 Å². The van der Waals surface area contributed by atoms with Crippen LogP contribution in [0, 0.1) is 0 Å². The van der Waals surface area contributed by atoms with Gasteiger partial charge in [0.25, 0.3) is 0 Å². The Labute approximate surface area is 215 Å². The Kier molecular flexibility index (Phi) is 5.46. The summed E-state index contributed by atoms with van der Waals surface area (Å²) in [5, 5.41) is 8.72. The minimum atomic E-state index is -0.624. The molecule has 186 valence electrons. The third-order valence-corrected chi connectivity index (χ3v) is 7.51. The van der Waals surface area contributed by atoms with Gasteiger partial charge in [0.2, 0.25) is 11.8 Å². The van der Waals surface area contributed by atoms with Gasteiger partial charge in [-0.2, -0.15) is 5.10 Å². The molecule has 1 spiro atoms. The molecule has 1 unspecified atom stereocenters. The number of rotatable bonds is 7. The number of aromatic nitrogens is 2. The zero-order valence-corrected chi connectivity index (χ0v) is 20.9. The molecule has 7 heteroatoms. The van der Waals surface area contributed by atoms with E-state index in [2.05, 4.69) is 77.7 Å². The van der Waals surface area contributed by atoms with E-state index in [1.165, 1.54) is 5.56 Å². The van der Waals surface area contributed by atoms with E-state index in [-0.39, 0.29) is 18.4 Å². The van der Waals surface area contributed by atoms with Crippen LogP contribution in [0.2, 0.25) is 0 Å². The van der Waals surface area contributed by atoms with E-state index in [0.29, 0.717) is 6.42 Å². The van der Waals surface area contributed by atoms with Gasteiger partial charge in [-0.3, -0.25) is 14.7 Å². The van der Waals surface area contributed by atoms with Crippen molar-refractivity contribution in [1.82, 2.24) is 15.1 Å². The fourth-order valence-corrected chi connectivity index (χ4v) is 5.74. The second-order valence-corrected chi connectivity index (χ2v) is 10.3. The molecule has 2 atom stereocenters. The number of nitrogens with two attached hydrogens (primary N) is 1. The second-order valence-electron chi connectivity index (χ2n) is 10.3. The Bertz CT molecular complexity index is 1550. The molecular formula is C30H29N5O2. The summed E-state index contributed by atoms with van der Waals surface area (Å²) >= 11 is 0. The van der Waals surface area contributed by atoms with E-state index in [1.54, 1.807) is 4.90 Å². The quantitative estimate of drug-likeness (QED) is 0.408. The van der Waals surface area contributed by atoms with E-state index >= 15 is 0 Å². The molecule has 1 fully saturated rings. The molecule has 1 aliphatic carbocycles. The first-order chi connectivity index (χ1) is 17.9. The van der Waals surface area contributed by atoms with Gasteiger partial charge in [0.1, 0.15) is 6.54 Å². The van der Waals surface area contributed by atoms with Crippen LogP contribution in [0.1, 0.15) is 40.3 Å². The molecule has 2 amide bonds. The number of carbonyl (C=O) groups excluding carboxylic acids is 2. The number of carbonyl (C=O) groups is 2. The summed E-state index contributed by atoms with van der Waals surface area (Å²) in [7, 11) is 4.13. The van der Waals surface area contributed by atoms with Crippen molar-refractivity contribution in [3.8, 4) is 0 Å². The van der Waals surface area contributed by atoms with Crippen LogP contribution in [0.15, 0.2) is 66.7 Å². The highest BCUT2D eigenvalue weighted by Crippen LogP contribution is 2.66. The summed E-state index contributed by atoms with van der Waals surface area (Å²) in [5.74, 6) is -0.504. The third kappa shape index (κ3) is 3.92. The average molecular weight is 492 g/mol. The molecule has 3 aromatic carbocycles. The van der Waals surface area contributed by atoms with Crippen molar-refractivity contribution in [2.75, 3.05) is 25.5 Å². The number of H-pyrrole nitrogens is 1. The highest BCUT2D eigenvalue weighted by molar-refractivity contribution is 6.13. The van der Waals surface area contributed by atoms with Crippen LogP contribution in [-0.2, 0) is 21.5 Å². The maximum absolute atomic E-state index is 13.5. The van der Waals surface area contributed by atoms with Crippen molar-refractivity contribution in [2.24, 2.45) is 5.73 Å². The standard InChI is InChI=1S/C30H29N5O2/c1-34(2)17-20-9-7-19(8-10-20)11-14-25-22-13-12-21(15-26(22)33-32-25)24-16-30(24)23-5-3-4-6-27(23)35(29(30)37)18-28(31)36/h3-15,24H,16-18H2,1-2H3,(H2,31,36)(H,32,33)/b14-11+/t24-,30?/m0/s1. The number of nitrogens with zero attached hydrogens (tertiary/aromatic N) is 3. The van der Waals surface area contributed by atoms with Gasteiger partial charge < -0.3 is 15.5 Å². The highest BCUT2D eigenvalue weighted by atomic mass is 16.2. The van der Waals surface area contributed by atoms with Crippen LogP contribution < -0.4 is 10.6 Å². The molecule has 0 saturated heterocycles. The molecule has 2 heterocycles. The Morgan fingerprint density at radius 1 is 1.14 bits per heavy atom. The number of benzene rings is 3. The van der Waals surface area contributed by atoms with E-state index in [9.17, 15) is 9.59 Å². The molecule has 1 aliphatic heterocycles. The van der Waals surface area contributed by atoms with Crippen LogP contribution in [0.4, 0.5) is 5.69 Å². The molecule has 37 heavy (non-hydrogen) atoms. The van der Waals surface area contributed by atoms with Gasteiger partial charge in [-0.15, -0.1) is 0 Å². The van der Waals surface area contributed by atoms with Crippen molar-refractivity contribution >= 4 is 40.6 Å². The van der Waals surface area contributed by atoms with Crippen molar-refractivity contribution in [3.05, 3.63) is 94.7 Å². The zero-order chi connectivity index (χ0) is 25.7. The van der Waals surface area contributed by atoms with E-state index in [1.807, 2.05) is 30.3 Å². The molecule has 2 aliphatic rings. The topological polar surface area (TPSA) is 95.3 Å². The molecule has 1 saturated carbocycles. The van der Waals surface area contributed by atoms with E-state index in [4.69, 9.17) is 5.73 Å². The Morgan fingerprint density at radius 3 is 2.68 bits per heavy atom. The van der Waals surface area contributed by atoms with Crippen LogP contribution in [-0.4, -0.2) is 47.6 Å². The van der Waals surface area contributed by atoms with Crippen LogP contribution in [0.3, 0.4) is 0 Å². The maximum atomic E-state index is 13.5. The summed E-state index contributed by atoms with van der Waals surface area (Å²) in [6, 6.07) is 22.5. The molecule has 0 bridgehead atoms. The summed E-state index contributed by atoms with van der Waals surface area (Å²) in [5.41, 5.74) is 11.9. The van der Waals surface area contributed by atoms with Crippen LogP contribution >= 0.6 is 0 Å². The zero-order valence-electron chi connectivity index (χ0n) is 20.9. The van der Waals surface area contributed by atoms with Crippen LogP contribution in [0.5, 0.6) is 0 Å². The minimum Gasteiger partial charge on any atom is -0.368 e. The second kappa shape index (κ2) is 8.71. The molecule has 7 nitrogen and oxygen atoms in total. The fraction of sp³-hybridized carbons (Fsp3) is 0.233. The lowest BCUT2D eigenvalue weighted by Crippen LogP contribution is -2.39. The lowest BCUT2D eigenvalue weighted by Gasteiger charge is -2.16. The van der Waals surface area contributed by atoms with Crippen molar-refractivity contribution in [1.29, 1.82) is 0 Å². The molecule has 0 radical (unpaired) electrons. The highest BCUT2D eigenvalue weighted by Gasteiger charge is 2.67. The number of aromatic amines is 1. The van der Waals surface area contributed by atoms with Crippen molar-refractivity contribution in [2.45, 2.75) is 24.3 Å². The van der Waals surface area contributed by atoms with E-state index < -0.39 is 11.3 Å². The molecule has 6 rings (SSSR count). The Morgan fingerprint density at radius 2 is 1.92 bits per heavy atom. The molecule has 1 aromatic heterocycles. The Balaban J connectivity index is 1.25. The predicted octanol–water partition coefficient (Wildman–Crippen LogP) is 4.05. The summed E-state index contributed by atoms with van der Waals surface area (Å²) in [4.78, 5) is 28.9. The molecular weight excluding hydrogens is 462 g/mol. The monoisotopic (exact) mass is 491 g/mol. The average Bonchev–Trinajstić information content (AvgIpc) is 3.45. The van der Waals surface area contributed by atoms with Crippen molar-refractivity contribution < 1.29 is 9.59 Å². The Hall–Kier alpha value is -4.23. The first-order valence-electron chi connectivity index (χ1n) is 12.5. The van der Waals surface area contributed by atoms with Crippen molar-refractivity contribution in [3.63, 3.8) is 0 Å². The van der Waals surface area contributed by atoms with Gasteiger partial charge in [0.05, 0.1) is 16.6 Å². The number of primary amides is 1. The van der Waals surface area contributed by atoms with Gasteiger partial charge in [0.15, 0.2) is 0 Å². The molecule has 4 aromatic rings. The maximum Gasteiger partial charge on any atom is 0.238 e. The normalized spacial score (nSPS) is 20.5. The smallest absolute Gasteiger partial charge is 0.238 e. The van der Waals surface area contributed by atoms with Gasteiger partial charge in [-0.25, -0.2) is 0 Å². The lowest BCUT2D eigenvalue weighted by atomic mass is 9.92. The summed E-state index contributed by atoms with van der Waals surface area (Å²) < 4.78 is 0. The molecule has 3 N–H and O–H groups in total. The first-order valence-corrected chi connectivity index (χ1v) is 12.5. The number of fused-ring (bicyclic) bond motifs is 3. The van der Waals surface area contributed by atoms with Gasteiger partial charge in [-0.05, 0) is 61.0 Å². The number of amides is 2. The number of para-hydroxylation sites is 1. The van der Waals surface area contributed by atoms with Crippen LogP contribution in [0.25, 0.3) is 23.1 Å². The number of hydrogen-bond acceptors (Lipinski definition) is 4. The number of anilines is 1. The predicted molar refractivity (Wildman–Crippen MR) is 146 cm³/mol. The largest absolute Gasteiger partial charge is 0.368 e. The first kappa shape index (κ1) is 23.2. The summed E-state index contributed by atoms with van der Waals surface area (Å²) in [6.45, 7) is 0.816. The summed E-state index contributed by atoms with van der Waals surface area (Å²) in [6.07, 6.45) is 4.81. The lowest BCUT2D eigenvalue weighted by molar-refractivity contribution is -0.123. The number of hydrogen-bond donors (Lipinski definition) is 2. The number of nitrogens with one attached hydrogen (secondary N) is 1. The van der Waals surface area contributed by atoms with Gasteiger partial charge in [0, 0.05) is 23.5 Å².